The number of hydrogen-bond donors (Lipinski definition) is 0. The molecular weight excluding hydrogens is 430 g/mol. The lowest BCUT2D eigenvalue weighted by Crippen LogP contribution is -2.40. The molecule has 1 saturated heterocycles. The van der Waals surface area contributed by atoms with E-state index in [2.05, 4.69) is 0 Å². The highest BCUT2D eigenvalue weighted by Gasteiger charge is 2.25. The molecule has 0 atom stereocenters. The molecule has 0 saturated carbocycles. The molecule has 7 nitrogen and oxygen atoms in total. The van der Waals surface area contributed by atoms with E-state index < -0.39 is 16.0 Å². The molecule has 1 aliphatic rings. The number of methoxy groups -OCH3 is 1. The second kappa shape index (κ2) is 10.1. The van der Waals surface area contributed by atoms with Crippen molar-refractivity contribution in [1.29, 1.82) is 0 Å². The van der Waals surface area contributed by atoms with E-state index in [9.17, 15) is 13.2 Å². The summed E-state index contributed by atoms with van der Waals surface area (Å²) >= 11 is 5.96. The van der Waals surface area contributed by atoms with E-state index in [1.165, 1.54) is 29.6 Å². The molecule has 0 N–H and O–H groups in total. The van der Waals surface area contributed by atoms with Crippen molar-refractivity contribution in [1.82, 2.24) is 4.31 Å². The number of morpholine rings is 1. The average molecular weight is 452 g/mol. The van der Waals surface area contributed by atoms with Gasteiger partial charge in [-0.25, -0.2) is 13.2 Å². The van der Waals surface area contributed by atoms with Gasteiger partial charge < -0.3 is 14.2 Å². The van der Waals surface area contributed by atoms with Crippen molar-refractivity contribution in [2.24, 2.45) is 0 Å². The van der Waals surface area contributed by atoms with Crippen molar-refractivity contribution in [2.45, 2.75) is 11.5 Å². The maximum Gasteiger partial charge on any atom is 0.331 e. The van der Waals surface area contributed by atoms with Gasteiger partial charge >= 0.3 is 5.97 Å². The Labute approximate surface area is 180 Å². The third kappa shape index (κ3) is 5.60. The second-order valence-electron chi connectivity index (χ2n) is 6.48. The van der Waals surface area contributed by atoms with Gasteiger partial charge in [-0.1, -0.05) is 23.7 Å². The van der Waals surface area contributed by atoms with Crippen molar-refractivity contribution in [3.05, 3.63) is 64.7 Å². The number of nitrogens with zero attached hydrogens (tertiary/aromatic N) is 1. The summed E-state index contributed by atoms with van der Waals surface area (Å²) in [6.07, 6.45) is 2.84. The molecule has 160 valence electrons. The molecule has 1 aliphatic heterocycles. The minimum absolute atomic E-state index is 0.0175. The van der Waals surface area contributed by atoms with Gasteiger partial charge in [-0.15, -0.1) is 0 Å². The molecular formula is C21H22ClNO6S. The van der Waals surface area contributed by atoms with Crippen molar-refractivity contribution in [3.8, 4) is 5.75 Å². The first-order chi connectivity index (χ1) is 14.4. The Morgan fingerprint density at radius 2 is 1.87 bits per heavy atom. The topological polar surface area (TPSA) is 82.1 Å². The van der Waals surface area contributed by atoms with E-state index >= 15 is 0 Å². The third-order valence-corrected chi connectivity index (χ3v) is 6.66. The van der Waals surface area contributed by atoms with E-state index in [1.54, 1.807) is 36.4 Å². The first kappa shape index (κ1) is 22.3. The van der Waals surface area contributed by atoms with Crippen LogP contribution in [0.25, 0.3) is 6.08 Å². The van der Waals surface area contributed by atoms with Crippen LogP contribution in [0.4, 0.5) is 0 Å². The maximum atomic E-state index is 12.6. The van der Waals surface area contributed by atoms with Gasteiger partial charge in [0.15, 0.2) is 0 Å². The predicted octanol–water partition coefficient (Wildman–Crippen LogP) is 3.13. The second-order valence-corrected chi connectivity index (χ2v) is 8.86. The quantitative estimate of drug-likeness (QED) is 0.475. The molecule has 2 aromatic rings. The normalized spacial score (nSPS) is 15.3. The van der Waals surface area contributed by atoms with Crippen LogP contribution in [0.2, 0.25) is 5.02 Å². The summed E-state index contributed by atoms with van der Waals surface area (Å²) in [6.45, 7) is 1.48. The predicted molar refractivity (Wildman–Crippen MR) is 113 cm³/mol. The zero-order valence-electron chi connectivity index (χ0n) is 16.4. The van der Waals surface area contributed by atoms with Crippen molar-refractivity contribution in [3.63, 3.8) is 0 Å². The molecule has 0 unspecified atom stereocenters. The Morgan fingerprint density at radius 1 is 1.17 bits per heavy atom. The Hall–Kier alpha value is -2.39. The average Bonchev–Trinajstić information content (AvgIpc) is 2.77. The first-order valence-electron chi connectivity index (χ1n) is 9.25. The van der Waals surface area contributed by atoms with Gasteiger partial charge in [-0.2, -0.15) is 4.31 Å². The highest BCUT2D eigenvalue weighted by molar-refractivity contribution is 7.89. The van der Waals surface area contributed by atoms with Gasteiger partial charge in [-0.3, -0.25) is 0 Å². The lowest BCUT2D eigenvalue weighted by molar-refractivity contribution is -0.138. The molecule has 0 radical (unpaired) electrons. The Bertz CT molecular complexity index is 1010. The number of carbonyl (C=O) groups excluding carboxylic acids is 1. The van der Waals surface area contributed by atoms with Crippen LogP contribution in [-0.4, -0.2) is 52.1 Å². The Balaban J connectivity index is 1.60. The highest BCUT2D eigenvalue weighted by atomic mass is 35.5. The van der Waals surface area contributed by atoms with Crippen LogP contribution in [0, 0.1) is 0 Å². The largest absolute Gasteiger partial charge is 0.496 e. The fourth-order valence-electron chi connectivity index (χ4n) is 2.91. The molecule has 1 fully saturated rings. The van der Waals surface area contributed by atoms with E-state index in [4.69, 9.17) is 25.8 Å². The molecule has 2 aromatic carbocycles. The van der Waals surface area contributed by atoms with Crippen molar-refractivity contribution < 1.29 is 27.4 Å². The molecule has 3 rings (SSSR count). The lowest BCUT2D eigenvalue weighted by atomic mass is 10.2. The third-order valence-electron chi connectivity index (χ3n) is 4.51. The molecule has 1 heterocycles. The monoisotopic (exact) mass is 451 g/mol. The van der Waals surface area contributed by atoms with E-state index in [1.807, 2.05) is 0 Å². The Morgan fingerprint density at radius 3 is 2.53 bits per heavy atom. The van der Waals surface area contributed by atoms with Gasteiger partial charge in [0.25, 0.3) is 0 Å². The summed E-state index contributed by atoms with van der Waals surface area (Å²) in [5.74, 6) is 0.0373. The maximum absolute atomic E-state index is 12.6. The number of hydrogen-bond acceptors (Lipinski definition) is 6. The van der Waals surface area contributed by atoms with Crippen LogP contribution in [-0.2, 0) is 30.9 Å². The van der Waals surface area contributed by atoms with Crippen molar-refractivity contribution in [2.75, 3.05) is 33.4 Å². The number of rotatable bonds is 7. The first-order valence-corrected chi connectivity index (χ1v) is 11.1. The molecule has 0 aromatic heterocycles. The van der Waals surface area contributed by atoms with Gasteiger partial charge in [0.2, 0.25) is 10.0 Å². The minimum atomic E-state index is -3.54. The van der Waals surface area contributed by atoms with Crippen LogP contribution >= 0.6 is 11.6 Å². The van der Waals surface area contributed by atoms with Gasteiger partial charge in [0, 0.05) is 29.8 Å². The minimum Gasteiger partial charge on any atom is -0.496 e. The smallest absolute Gasteiger partial charge is 0.331 e. The van der Waals surface area contributed by atoms with Gasteiger partial charge in [0.1, 0.15) is 12.4 Å². The Kier molecular flexibility index (Phi) is 7.49. The van der Waals surface area contributed by atoms with Crippen LogP contribution < -0.4 is 4.74 Å². The summed E-state index contributed by atoms with van der Waals surface area (Å²) in [7, 11) is -2.02. The molecule has 0 spiro atoms. The molecule has 0 amide bonds. The van der Waals surface area contributed by atoms with Crippen LogP contribution in [0.1, 0.15) is 11.1 Å². The number of benzene rings is 2. The number of halogens is 1. The number of carbonyl (C=O) groups is 1. The summed E-state index contributed by atoms with van der Waals surface area (Å²) in [5, 5.41) is 0.518. The lowest BCUT2D eigenvalue weighted by Gasteiger charge is -2.26. The number of ether oxygens (including phenoxy) is 3. The summed E-state index contributed by atoms with van der Waals surface area (Å²) in [5.41, 5.74) is 1.33. The van der Waals surface area contributed by atoms with Crippen LogP contribution in [0.5, 0.6) is 5.75 Å². The standard InChI is InChI=1S/C21H22ClNO6S/c1-27-20-8-5-18(22)14-17(20)15-29-21(24)9-4-16-2-6-19(7-3-16)30(25,26)23-10-12-28-13-11-23/h2-9,14H,10-13,15H2,1H3/b9-4+. The molecule has 0 aliphatic carbocycles. The fraction of sp³-hybridized carbons (Fsp3) is 0.286. The fourth-order valence-corrected chi connectivity index (χ4v) is 4.51. The van der Waals surface area contributed by atoms with E-state index in [0.29, 0.717) is 48.2 Å². The van der Waals surface area contributed by atoms with Crippen LogP contribution in [0.15, 0.2) is 53.4 Å². The zero-order chi connectivity index (χ0) is 21.6. The summed E-state index contributed by atoms with van der Waals surface area (Å²) in [6, 6.07) is 11.4. The van der Waals surface area contributed by atoms with E-state index in [-0.39, 0.29) is 11.5 Å². The molecule has 9 heteroatoms. The number of sulfonamides is 1. The van der Waals surface area contributed by atoms with Crippen molar-refractivity contribution >= 4 is 33.7 Å². The van der Waals surface area contributed by atoms with Gasteiger partial charge in [-0.05, 0) is 42.0 Å². The number of esters is 1. The SMILES string of the molecule is COc1ccc(Cl)cc1COC(=O)/C=C/c1ccc(S(=O)(=O)N2CCOCC2)cc1. The van der Waals surface area contributed by atoms with Gasteiger partial charge in [0.05, 0.1) is 25.2 Å². The summed E-state index contributed by atoms with van der Waals surface area (Å²) < 4.78 is 42.3. The van der Waals surface area contributed by atoms with Crippen LogP contribution in [0.3, 0.4) is 0 Å². The molecule has 30 heavy (non-hydrogen) atoms. The van der Waals surface area contributed by atoms with E-state index in [0.717, 1.165) is 0 Å². The zero-order valence-corrected chi connectivity index (χ0v) is 18.0. The highest BCUT2D eigenvalue weighted by Crippen LogP contribution is 2.23. The molecule has 0 bridgehead atoms. The summed E-state index contributed by atoms with van der Waals surface area (Å²) in [4.78, 5) is 12.2.